The van der Waals surface area contributed by atoms with Crippen molar-refractivity contribution in [1.82, 2.24) is 49.3 Å². The number of nitrogens with zero attached hydrogens (tertiary/aromatic N) is 8. The van der Waals surface area contributed by atoms with Crippen molar-refractivity contribution in [3.05, 3.63) is 89.6 Å². The monoisotopic (exact) mass is 1060 g/mol. The second kappa shape index (κ2) is 21.2. The quantitative estimate of drug-likeness (QED) is 0.0526. The van der Waals surface area contributed by atoms with Gasteiger partial charge >= 0.3 is 21.7 Å². The Kier molecular flexibility index (Phi) is 15.0. The number of rotatable bonds is 12. The fourth-order valence-electron chi connectivity index (χ4n) is 7.43. The number of fused-ring (bicyclic) bond motifs is 4. The number of ether oxygens (including phenoxy) is 3. The molecule has 1 aromatic carbocycles. The fraction of sp³-hybridized carbons (Fsp3) is 0.385. The maximum absolute atomic E-state index is 14.0. The smallest absolute Gasteiger partial charge is 0.438 e. The van der Waals surface area contributed by atoms with Crippen molar-refractivity contribution < 1.29 is 70.7 Å². The van der Waals surface area contributed by atoms with E-state index in [4.69, 9.17) is 32.3 Å². The number of anilines is 2. The zero-order valence-electron chi connectivity index (χ0n) is 36.9. The lowest BCUT2D eigenvalue weighted by molar-refractivity contribution is -0.118. The van der Waals surface area contributed by atoms with E-state index in [1.807, 2.05) is 12.1 Å². The number of imidazole rings is 2. The minimum Gasteiger partial charge on any atom is -0.438 e. The molecule has 0 aliphatic carbocycles. The van der Waals surface area contributed by atoms with Gasteiger partial charge in [-0.2, -0.15) is 4.98 Å². The van der Waals surface area contributed by atoms with Gasteiger partial charge in [-0.3, -0.25) is 51.9 Å². The third kappa shape index (κ3) is 11.3. The van der Waals surface area contributed by atoms with Gasteiger partial charge in [-0.25, -0.2) is 38.8 Å². The van der Waals surface area contributed by atoms with E-state index in [9.17, 15) is 43.2 Å². The average Bonchev–Trinajstić information content (AvgIpc) is 4.12. The number of pyridine rings is 1. The van der Waals surface area contributed by atoms with Gasteiger partial charge < -0.3 is 39.7 Å². The maximum atomic E-state index is 14.0. The predicted molar refractivity (Wildman–Crippen MR) is 247 cm³/mol. The second-order valence-electron chi connectivity index (χ2n) is 15.9. The molecule has 6 aromatic rings. The number of phosphoric ester groups is 2. The Balaban J connectivity index is 0.974. The van der Waals surface area contributed by atoms with E-state index in [1.165, 1.54) is 32.5 Å². The Morgan fingerprint density at radius 2 is 1.54 bits per heavy atom. The van der Waals surface area contributed by atoms with E-state index < -0.39 is 107 Å². The van der Waals surface area contributed by atoms with E-state index in [1.54, 1.807) is 56.4 Å². The summed E-state index contributed by atoms with van der Waals surface area (Å²) in [6.45, 7) is 1.38. The summed E-state index contributed by atoms with van der Waals surface area (Å²) in [6.07, 6.45) is -9.71. The number of H-pyrrole nitrogens is 1. The van der Waals surface area contributed by atoms with Gasteiger partial charge in [0, 0.05) is 30.0 Å². The lowest BCUT2D eigenvalue weighted by Gasteiger charge is -2.28. The lowest BCUT2D eigenvalue weighted by Crippen LogP contribution is -2.42. The van der Waals surface area contributed by atoms with E-state index in [-0.39, 0.29) is 40.6 Å². The van der Waals surface area contributed by atoms with E-state index in [2.05, 4.69) is 50.8 Å². The van der Waals surface area contributed by atoms with Crippen molar-refractivity contribution in [3.63, 3.8) is 0 Å². The van der Waals surface area contributed by atoms with Crippen LogP contribution in [-0.4, -0.2) is 139 Å². The van der Waals surface area contributed by atoms with Crippen molar-refractivity contribution in [2.45, 2.75) is 68.0 Å². The summed E-state index contributed by atoms with van der Waals surface area (Å²) >= 11 is 0. The second-order valence-corrected chi connectivity index (χ2v) is 21.2. The first-order valence-electron chi connectivity index (χ1n) is 21.3. The van der Waals surface area contributed by atoms with Crippen LogP contribution in [0.1, 0.15) is 36.7 Å². The van der Waals surface area contributed by atoms with Gasteiger partial charge in [0.25, 0.3) is 11.5 Å². The van der Waals surface area contributed by atoms with Crippen LogP contribution in [-0.2, 0) is 46.2 Å². The number of aromatic nitrogens is 9. The number of hydrogen-bond acceptors (Lipinski definition) is 22. The fourth-order valence-corrected chi connectivity index (χ4v) is 11.1. The summed E-state index contributed by atoms with van der Waals surface area (Å²) in [5.74, 6) is -1.43. The van der Waals surface area contributed by atoms with Crippen LogP contribution in [0, 0.1) is 5.92 Å². The van der Waals surface area contributed by atoms with Crippen molar-refractivity contribution in [1.29, 1.82) is 0 Å². The Bertz CT molecular complexity index is 3080. The number of nitrogens with one attached hydrogen (secondary N) is 4. The standard InChI is InChI=1S/C39H42N12O16P2S2/c1-19(2)33(53)48-38-47-32-25(35(55)49-38)45-18-51(32)37-29(65-39(56)41-12-13-70-71-23-10-6-7-11-40-23)28-22(64-37)15-62-68(57,58)66-27-21(14-61-69(59,60)67-28)63-36(26(27)52)50-17-44-24-30(42-16-43-31(24)50)46-34(54)20-8-4-3-5-9-20/h3-11,16-19,21-22,26-29,36-37,52H,12-15H2,1-2H3,(H,41,56)(H,57,58)(H,59,60)(H,42,43,46,54)(H2,47,48,49,53,55)/t21-,22-,26-,27-,28-,29-,36-,37-/m1/s1. The number of hydrogen-bond donors (Lipinski definition) is 7. The molecule has 28 nitrogen and oxygen atoms in total. The van der Waals surface area contributed by atoms with Gasteiger partial charge in [0.1, 0.15) is 41.9 Å². The third-order valence-corrected chi connectivity index (χ3v) is 15.0. The van der Waals surface area contributed by atoms with Crippen LogP contribution in [0.3, 0.4) is 0 Å². The van der Waals surface area contributed by atoms with Crippen molar-refractivity contribution >= 4 is 89.2 Å². The molecule has 0 saturated carbocycles. The molecule has 3 amide bonds. The zero-order chi connectivity index (χ0) is 50.0. The first-order valence-corrected chi connectivity index (χ1v) is 26.6. The number of phosphoric acid groups is 2. The van der Waals surface area contributed by atoms with Crippen molar-refractivity contribution in [2.24, 2.45) is 5.92 Å². The molecule has 3 fully saturated rings. The van der Waals surface area contributed by atoms with E-state index in [0.29, 0.717) is 11.3 Å². The van der Waals surface area contributed by atoms with Crippen LogP contribution in [0.25, 0.3) is 22.3 Å². The van der Waals surface area contributed by atoms with Crippen LogP contribution < -0.4 is 21.5 Å². The molecule has 3 saturated heterocycles. The summed E-state index contributed by atoms with van der Waals surface area (Å²) in [5, 5.41) is 20.1. The van der Waals surface area contributed by atoms with E-state index in [0.717, 1.165) is 22.2 Å². The number of aromatic amines is 1. The number of carbonyl (C=O) groups excluding carboxylic acids is 3. The highest BCUT2D eigenvalue weighted by Gasteiger charge is 2.55. The number of aliphatic hydroxyl groups excluding tert-OH is 1. The van der Waals surface area contributed by atoms with Crippen molar-refractivity contribution in [3.8, 4) is 0 Å². The Labute approximate surface area is 407 Å². The molecule has 8 heterocycles. The third-order valence-electron chi connectivity index (χ3n) is 10.8. The van der Waals surface area contributed by atoms with Crippen LogP contribution in [0.4, 0.5) is 16.6 Å². The molecule has 71 heavy (non-hydrogen) atoms. The number of amides is 3. The molecule has 3 aliphatic heterocycles. The minimum absolute atomic E-state index is 0.00306. The Morgan fingerprint density at radius 1 is 0.859 bits per heavy atom. The summed E-state index contributed by atoms with van der Waals surface area (Å²) < 4.78 is 70.1. The molecule has 5 aromatic heterocycles. The van der Waals surface area contributed by atoms with Gasteiger partial charge in [-0.05, 0) is 35.1 Å². The average molecular weight is 1060 g/mol. The minimum atomic E-state index is -5.34. The van der Waals surface area contributed by atoms with E-state index >= 15 is 0 Å². The highest BCUT2D eigenvalue weighted by Crippen LogP contribution is 2.54. The molecular formula is C39H42N12O16P2S2. The van der Waals surface area contributed by atoms with Gasteiger partial charge in [0.15, 0.2) is 46.7 Å². The number of benzene rings is 1. The summed E-state index contributed by atoms with van der Waals surface area (Å²) in [7, 11) is -7.88. The maximum Gasteiger partial charge on any atom is 0.472 e. The Morgan fingerprint density at radius 3 is 2.25 bits per heavy atom. The van der Waals surface area contributed by atoms with Crippen molar-refractivity contribution in [2.75, 3.05) is 36.1 Å². The number of alkyl carbamates (subject to hydrolysis) is 1. The highest BCUT2D eigenvalue weighted by atomic mass is 33.1. The van der Waals surface area contributed by atoms with Crippen LogP contribution in [0.15, 0.2) is 83.5 Å². The van der Waals surface area contributed by atoms with Gasteiger partial charge in [-0.1, -0.05) is 48.9 Å². The molecule has 0 bridgehead atoms. The summed E-state index contributed by atoms with van der Waals surface area (Å²) in [5.41, 5.74) is -0.839. The summed E-state index contributed by atoms with van der Waals surface area (Å²) in [6, 6.07) is 13.7. The largest absolute Gasteiger partial charge is 0.472 e. The molecule has 376 valence electrons. The van der Waals surface area contributed by atoms with Crippen LogP contribution in [0.2, 0.25) is 0 Å². The lowest BCUT2D eigenvalue weighted by atomic mass is 10.1. The SMILES string of the molecule is CC(C)C(=O)Nc1nc2c(ncn2[C@@H]2O[C@@H]3COP(=O)(O)O[C@H]4[C@@H](O)[C@H](n5cnc6c(NC(=O)c7ccccc7)ncnc65)O[C@@H]4COP(=O)(O)O[C@H]3[C@H]2OC(=O)NCCSSc2ccccn2)c(=O)[nH]1. The Hall–Kier alpha value is -5.72. The molecule has 9 rings (SSSR count). The molecule has 0 radical (unpaired) electrons. The molecule has 32 heteroatoms. The molecular weight excluding hydrogens is 1020 g/mol. The molecule has 3 aliphatic rings. The van der Waals surface area contributed by atoms with Crippen LogP contribution >= 0.6 is 37.2 Å². The predicted octanol–water partition coefficient (Wildman–Crippen LogP) is 2.91. The highest BCUT2D eigenvalue weighted by molar-refractivity contribution is 8.76. The van der Waals surface area contributed by atoms with Gasteiger partial charge in [0.05, 0.1) is 25.9 Å². The van der Waals surface area contributed by atoms with Gasteiger partial charge in [0.2, 0.25) is 11.9 Å². The van der Waals surface area contributed by atoms with Crippen LogP contribution in [0.5, 0.6) is 0 Å². The first-order chi connectivity index (χ1) is 34.0. The zero-order valence-corrected chi connectivity index (χ0v) is 40.3. The number of aliphatic hydroxyl groups is 1. The normalized spacial score (nSPS) is 27.9. The molecule has 7 N–H and O–H groups in total. The number of carbonyl (C=O) groups is 3. The van der Waals surface area contributed by atoms with Gasteiger partial charge in [-0.15, -0.1) is 0 Å². The summed E-state index contributed by atoms with van der Waals surface area (Å²) in [4.78, 5) is 102. The molecule has 2 unspecified atom stereocenters. The topological polar surface area (TPSA) is 367 Å². The first kappa shape index (κ1) is 50.2. The molecule has 10 atom stereocenters. The molecule has 0 spiro atoms.